The Hall–Kier alpha value is -1.40. The maximum Gasteiger partial charge on any atom is 0.243 e. The largest absolute Gasteiger partial charge is 0.309 e. The molecule has 1 saturated heterocycles. The van der Waals surface area contributed by atoms with Crippen molar-refractivity contribution in [2.45, 2.75) is 63.8 Å². The Morgan fingerprint density at radius 3 is 2.33 bits per heavy atom. The lowest BCUT2D eigenvalue weighted by Crippen LogP contribution is -2.42. The summed E-state index contributed by atoms with van der Waals surface area (Å²) in [7, 11) is -3.48. The molecule has 1 saturated carbocycles. The molecule has 2 aliphatic heterocycles. The van der Waals surface area contributed by atoms with Gasteiger partial charge in [0, 0.05) is 30.7 Å². The van der Waals surface area contributed by atoms with Crippen LogP contribution in [0.4, 0.5) is 5.69 Å². The van der Waals surface area contributed by atoms with E-state index >= 15 is 0 Å². The maximum atomic E-state index is 13.2. The van der Waals surface area contributed by atoms with E-state index in [1.165, 1.54) is 0 Å². The van der Waals surface area contributed by atoms with E-state index in [-0.39, 0.29) is 17.9 Å². The van der Waals surface area contributed by atoms with Crippen LogP contribution in [-0.2, 0) is 21.2 Å². The molecule has 1 aliphatic carbocycles. The number of benzene rings is 1. The summed E-state index contributed by atoms with van der Waals surface area (Å²) < 4.78 is 28.0. The standard InChI is InChI=1S/C21H30N2O3S/c1-14-9-15(2)13-22(12-14)27(25,26)19-7-8-20-18(11-19)10-16(3)23(20)21(24)17-5-4-6-17/h7-8,11,14-17H,4-6,9-10,12-13H2,1-3H3/t14-,15+,16-/m0/s1. The highest BCUT2D eigenvalue weighted by Crippen LogP contribution is 2.39. The zero-order valence-corrected chi connectivity index (χ0v) is 17.3. The van der Waals surface area contributed by atoms with Gasteiger partial charge in [-0.05, 0) is 68.2 Å². The molecule has 0 radical (unpaired) electrons. The first-order chi connectivity index (χ1) is 12.8. The molecule has 0 N–H and O–H groups in total. The Balaban J connectivity index is 1.62. The molecule has 3 atom stereocenters. The van der Waals surface area contributed by atoms with E-state index in [0.717, 1.165) is 43.4 Å². The lowest BCUT2D eigenvalue weighted by molar-refractivity contribution is -0.125. The number of fused-ring (bicyclic) bond motifs is 1. The second-order valence-corrected chi connectivity index (χ2v) is 10.9. The number of hydrogen-bond acceptors (Lipinski definition) is 3. The summed E-state index contributed by atoms with van der Waals surface area (Å²) >= 11 is 0. The van der Waals surface area contributed by atoms with Gasteiger partial charge in [0.15, 0.2) is 0 Å². The number of anilines is 1. The summed E-state index contributed by atoms with van der Waals surface area (Å²) in [6.45, 7) is 7.47. The zero-order chi connectivity index (χ0) is 19.3. The van der Waals surface area contributed by atoms with Gasteiger partial charge in [0.25, 0.3) is 0 Å². The highest BCUT2D eigenvalue weighted by Gasteiger charge is 2.38. The van der Waals surface area contributed by atoms with Crippen LogP contribution in [0, 0.1) is 17.8 Å². The van der Waals surface area contributed by atoms with Crippen molar-refractivity contribution in [2.75, 3.05) is 18.0 Å². The maximum absolute atomic E-state index is 13.2. The van der Waals surface area contributed by atoms with Gasteiger partial charge < -0.3 is 4.90 Å². The third-order valence-electron chi connectivity index (χ3n) is 6.43. The van der Waals surface area contributed by atoms with Gasteiger partial charge in [-0.1, -0.05) is 20.3 Å². The van der Waals surface area contributed by atoms with E-state index in [9.17, 15) is 13.2 Å². The lowest BCUT2D eigenvalue weighted by atomic mass is 9.84. The van der Waals surface area contributed by atoms with Crippen molar-refractivity contribution in [1.82, 2.24) is 4.31 Å². The van der Waals surface area contributed by atoms with Crippen molar-refractivity contribution < 1.29 is 13.2 Å². The van der Waals surface area contributed by atoms with Crippen molar-refractivity contribution in [3.63, 3.8) is 0 Å². The summed E-state index contributed by atoms with van der Waals surface area (Å²) in [4.78, 5) is 15.1. The van der Waals surface area contributed by atoms with Gasteiger partial charge in [-0.15, -0.1) is 0 Å². The van der Waals surface area contributed by atoms with Crippen LogP contribution in [0.5, 0.6) is 0 Å². The number of piperidine rings is 1. The van der Waals surface area contributed by atoms with Gasteiger partial charge in [0.2, 0.25) is 15.9 Å². The second-order valence-electron chi connectivity index (χ2n) is 8.95. The Kier molecular flexibility index (Phi) is 4.83. The van der Waals surface area contributed by atoms with Crippen molar-refractivity contribution in [3.05, 3.63) is 23.8 Å². The highest BCUT2D eigenvalue weighted by molar-refractivity contribution is 7.89. The van der Waals surface area contributed by atoms with Gasteiger partial charge in [0.1, 0.15) is 0 Å². The van der Waals surface area contributed by atoms with Crippen LogP contribution in [0.25, 0.3) is 0 Å². The van der Waals surface area contributed by atoms with Crippen LogP contribution in [0.15, 0.2) is 23.1 Å². The fourth-order valence-corrected chi connectivity index (χ4v) is 6.64. The first-order valence-corrected chi connectivity index (χ1v) is 11.7. The fourth-order valence-electron chi connectivity index (χ4n) is 4.91. The van der Waals surface area contributed by atoms with Gasteiger partial charge in [-0.25, -0.2) is 8.42 Å². The molecule has 6 heteroatoms. The molecule has 0 spiro atoms. The lowest BCUT2D eigenvalue weighted by Gasteiger charge is -2.34. The summed E-state index contributed by atoms with van der Waals surface area (Å²) in [5, 5.41) is 0. The second kappa shape index (κ2) is 6.89. The molecule has 0 aromatic heterocycles. The van der Waals surface area contributed by atoms with Crippen LogP contribution in [0.1, 0.15) is 52.0 Å². The van der Waals surface area contributed by atoms with Gasteiger partial charge in [-0.2, -0.15) is 4.31 Å². The molecular formula is C21H30N2O3S. The highest BCUT2D eigenvalue weighted by atomic mass is 32.2. The Morgan fingerprint density at radius 1 is 1.07 bits per heavy atom. The first kappa shape index (κ1) is 18.9. The minimum Gasteiger partial charge on any atom is -0.309 e. The van der Waals surface area contributed by atoms with Gasteiger partial charge in [0.05, 0.1) is 4.90 Å². The number of carbonyl (C=O) groups excluding carboxylic acids is 1. The summed E-state index contributed by atoms with van der Waals surface area (Å²) in [5.41, 5.74) is 1.88. The SMILES string of the molecule is C[C@@H]1C[C@H](C)CN(S(=O)(=O)c2ccc3c(c2)C[C@H](C)N3C(=O)C2CCC2)C1. The Bertz CT molecular complexity index is 837. The number of nitrogens with zero attached hydrogens (tertiary/aromatic N) is 2. The van der Waals surface area contributed by atoms with E-state index < -0.39 is 10.0 Å². The van der Waals surface area contributed by atoms with E-state index in [0.29, 0.717) is 29.8 Å². The van der Waals surface area contributed by atoms with Crippen LogP contribution in [-0.4, -0.2) is 37.8 Å². The number of amides is 1. The summed E-state index contributed by atoms with van der Waals surface area (Å²) in [5.74, 6) is 1.13. The molecular weight excluding hydrogens is 360 g/mol. The van der Waals surface area contributed by atoms with E-state index in [1.54, 1.807) is 16.4 Å². The van der Waals surface area contributed by atoms with Crippen LogP contribution >= 0.6 is 0 Å². The number of carbonyl (C=O) groups is 1. The quantitative estimate of drug-likeness (QED) is 0.794. The first-order valence-electron chi connectivity index (χ1n) is 10.2. The molecule has 1 amide bonds. The van der Waals surface area contributed by atoms with Crippen molar-refractivity contribution in [2.24, 2.45) is 17.8 Å². The Labute approximate surface area is 162 Å². The molecule has 1 aromatic rings. The van der Waals surface area contributed by atoms with Crippen LogP contribution < -0.4 is 4.90 Å². The van der Waals surface area contributed by atoms with E-state index in [2.05, 4.69) is 20.8 Å². The molecule has 2 heterocycles. The molecule has 0 bridgehead atoms. The van der Waals surface area contributed by atoms with Crippen LogP contribution in [0.3, 0.4) is 0 Å². The minimum absolute atomic E-state index is 0.0982. The molecule has 2 fully saturated rings. The number of hydrogen-bond donors (Lipinski definition) is 0. The Morgan fingerprint density at radius 2 is 1.74 bits per heavy atom. The minimum atomic E-state index is -3.48. The topological polar surface area (TPSA) is 57.7 Å². The number of sulfonamides is 1. The third-order valence-corrected chi connectivity index (χ3v) is 8.26. The van der Waals surface area contributed by atoms with Crippen molar-refractivity contribution >= 4 is 21.6 Å². The monoisotopic (exact) mass is 390 g/mol. The molecule has 5 nitrogen and oxygen atoms in total. The summed E-state index contributed by atoms with van der Waals surface area (Å²) in [6, 6.07) is 5.44. The predicted octanol–water partition coefficient (Wildman–Crippen LogP) is 3.43. The molecule has 148 valence electrons. The summed E-state index contributed by atoms with van der Waals surface area (Å²) in [6.07, 6.45) is 4.90. The smallest absolute Gasteiger partial charge is 0.243 e. The van der Waals surface area contributed by atoms with Gasteiger partial charge in [-0.3, -0.25) is 4.79 Å². The third kappa shape index (κ3) is 3.31. The van der Waals surface area contributed by atoms with Crippen LogP contribution in [0.2, 0.25) is 0 Å². The normalized spacial score (nSPS) is 29.4. The van der Waals surface area contributed by atoms with Gasteiger partial charge >= 0.3 is 0 Å². The number of rotatable bonds is 3. The fraction of sp³-hybridized carbons (Fsp3) is 0.667. The predicted molar refractivity (Wildman–Crippen MR) is 106 cm³/mol. The molecule has 27 heavy (non-hydrogen) atoms. The average molecular weight is 391 g/mol. The molecule has 1 aromatic carbocycles. The molecule has 0 unspecified atom stereocenters. The van der Waals surface area contributed by atoms with E-state index in [4.69, 9.17) is 0 Å². The molecule has 3 aliphatic rings. The van der Waals surface area contributed by atoms with E-state index in [1.807, 2.05) is 11.0 Å². The zero-order valence-electron chi connectivity index (χ0n) is 16.5. The average Bonchev–Trinajstić information content (AvgIpc) is 2.87. The molecule has 4 rings (SSSR count). The van der Waals surface area contributed by atoms with Crippen molar-refractivity contribution in [3.8, 4) is 0 Å². The van der Waals surface area contributed by atoms with Crippen molar-refractivity contribution in [1.29, 1.82) is 0 Å².